The third kappa shape index (κ3) is 5.02. The number of anilines is 3. The molecular weight excluding hydrogens is 366 g/mol. The monoisotopic (exact) mass is 391 g/mol. The number of hydrogen-bond donors (Lipinski definition) is 3. The Balaban J connectivity index is 1.67. The third-order valence-corrected chi connectivity index (χ3v) is 4.39. The lowest BCUT2D eigenvalue weighted by Gasteiger charge is -2.13. The van der Waals surface area contributed by atoms with Crippen LogP contribution in [0.5, 0.6) is 5.75 Å². The zero-order valence-electron chi connectivity index (χ0n) is 17.1. The molecule has 0 bridgehead atoms. The highest BCUT2D eigenvalue weighted by Gasteiger charge is 2.11. The largest absolute Gasteiger partial charge is 0.490 e. The van der Waals surface area contributed by atoms with Crippen molar-refractivity contribution in [3.8, 4) is 5.75 Å². The molecule has 3 N–H and O–H groups in total. The molecule has 0 radical (unpaired) electrons. The van der Waals surface area contributed by atoms with Gasteiger partial charge in [0.2, 0.25) is 5.69 Å². The first kappa shape index (κ1) is 20.1. The average Bonchev–Trinajstić information content (AvgIpc) is 3.14. The molecule has 0 unspecified atom stereocenters. The SMILES string of the molecule is [C-]#[N+]c1c(C)cc(Nc2cc(CC)[nH]n2)nc1NCCOc1ccc(C)nc1C. The van der Waals surface area contributed by atoms with Crippen molar-refractivity contribution in [1.29, 1.82) is 0 Å². The summed E-state index contributed by atoms with van der Waals surface area (Å²) in [6.07, 6.45) is 0.876. The van der Waals surface area contributed by atoms with Gasteiger partial charge >= 0.3 is 0 Å². The van der Waals surface area contributed by atoms with E-state index in [0.717, 1.165) is 34.8 Å². The fraction of sp³-hybridized carbons (Fsp3) is 0.333. The van der Waals surface area contributed by atoms with Crippen LogP contribution in [0.15, 0.2) is 24.3 Å². The van der Waals surface area contributed by atoms with Gasteiger partial charge in [0.25, 0.3) is 0 Å². The molecular formula is C21H25N7O. The molecule has 29 heavy (non-hydrogen) atoms. The molecule has 0 aromatic carbocycles. The van der Waals surface area contributed by atoms with E-state index in [4.69, 9.17) is 11.3 Å². The van der Waals surface area contributed by atoms with Gasteiger partial charge < -0.3 is 15.4 Å². The average molecular weight is 391 g/mol. The van der Waals surface area contributed by atoms with Crippen molar-refractivity contribution in [3.05, 3.63) is 58.3 Å². The number of hydrogen-bond acceptors (Lipinski definition) is 6. The molecule has 8 heteroatoms. The van der Waals surface area contributed by atoms with Crippen LogP contribution in [0.1, 0.15) is 29.6 Å². The Morgan fingerprint density at radius 2 is 1.97 bits per heavy atom. The molecule has 0 atom stereocenters. The number of aromatic nitrogens is 4. The molecule has 8 nitrogen and oxygen atoms in total. The highest BCUT2D eigenvalue weighted by Crippen LogP contribution is 2.30. The summed E-state index contributed by atoms with van der Waals surface area (Å²) in [5.41, 5.74) is 4.20. The second kappa shape index (κ2) is 9.06. The molecule has 0 fully saturated rings. The first-order valence-electron chi connectivity index (χ1n) is 9.51. The van der Waals surface area contributed by atoms with Crippen LogP contribution in [-0.4, -0.2) is 33.3 Å². The molecule has 3 rings (SSSR count). The van der Waals surface area contributed by atoms with Crippen LogP contribution in [0.25, 0.3) is 4.85 Å². The maximum atomic E-state index is 7.48. The van der Waals surface area contributed by atoms with Crippen LogP contribution >= 0.6 is 0 Å². The minimum atomic E-state index is 0.431. The van der Waals surface area contributed by atoms with Gasteiger partial charge in [0, 0.05) is 24.0 Å². The molecule has 3 aromatic heterocycles. The van der Waals surface area contributed by atoms with Gasteiger partial charge in [-0.2, -0.15) is 5.10 Å². The number of nitrogens with one attached hydrogen (secondary N) is 3. The van der Waals surface area contributed by atoms with E-state index in [0.29, 0.717) is 36.3 Å². The van der Waals surface area contributed by atoms with E-state index in [2.05, 4.69) is 42.6 Å². The predicted octanol–water partition coefficient (Wildman–Crippen LogP) is 4.47. The fourth-order valence-electron chi connectivity index (χ4n) is 2.89. The molecule has 3 heterocycles. The first-order chi connectivity index (χ1) is 14.0. The Hall–Kier alpha value is -3.60. The van der Waals surface area contributed by atoms with E-state index in [1.807, 2.05) is 45.0 Å². The summed E-state index contributed by atoms with van der Waals surface area (Å²) in [5, 5.41) is 13.6. The topological polar surface area (TPSA) is 92.1 Å². The second-order valence-corrected chi connectivity index (χ2v) is 6.70. The van der Waals surface area contributed by atoms with Crippen molar-refractivity contribution in [2.75, 3.05) is 23.8 Å². The van der Waals surface area contributed by atoms with E-state index in [1.165, 1.54) is 0 Å². The van der Waals surface area contributed by atoms with Crippen LogP contribution in [-0.2, 0) is 6.42 Å². The molecule has 0 saturated heterocycles. The van der Waals surface area contributed by atoms with Gasteiger partial charge in [-0.05, 0) is 51.0 Å². The normalized spacial score (nSPS) is 10.4. The number of ether oxygens (including phenoxy) is 1. The van der Waals surface area contributed by atoms with Crippen molar-refractivity contribution < 1.29 is 4.74 Å². The molecule has 0 aliphatic rings. The summed E-state index contributed by atoms with van der Waals surface area (Å²) < 4.78 is 5.80. The second-order valence-electron chi connectivity index (χ2n) is 6.70. The summed E-state index contributed by atoms with van der Waals surface area (Å²) in [6.45, 7) is 16.2. The number of pyridine rings is 2. The van der Waals surface area contributed by atoms with E-state index >= 15 is 0 Å². The molecule has 0 aliphatic heterocycles. The van der Waals surface area contributed by atoms with E-state index in [-0.39, 0.29) is 0 Å². The highest BCUT2D eigenvalue weighted by atomic mass is 16.5. The maximum absolute atomic E-state index is 7.48. The van der Waals surface area contributed by atoms with E-state index in [1.54, 1.807) is 0 Å². The zero-order valence-corrected chi connectivity index (χ0v) is 17.1. The molecule has 3 aromatic rings. The molecule has 0 amide bonds. The third-order valence-electron chi connectivity index (χ3n) is 4.39. The number of nitrogens with zero attached hydrogens (tertiary/aromatic N) is 4. The summed E-state index contributed by atoms with van der Waals surface area (Å²) in [5.74, 6) is 2.61. The number of rotatable bonds is 8. The van der Waals surface area contributed by atoms with Crippen LogP contribution in [0.3, 0.4) is 0 Å². The summed E-state index contributed by atoms with van der Waals surface area (Å²) in [6, 6.07) is 7.63. The Kier molecular flexibility index (Phi) is 6.29. The standard InChI is InChI=1S/C21H25N7O/c1-6-16-12-19(28-27-16)25-18-11-13(2)20(22-5)21(26-18)23-9-10-29-17-8-7-14(3)24-15(17)4/h7-8,11-12H,6,9-10H2,1-4H3,(H3,23,25,26,27,28). The number of aromatic amines is 1. The molecule has 0 saturated carbocycles. The van der Waals surface area contributed by atoms with Crippen LogP contribution in [0.2, 0.25) is 0 Å². The summed E-state index contributed by atoms with van der Waals surface area (Å²) in [7, 11) is 0. The summed E-state index contributed by atoms with van der Waals surface area (Å²) in [4.78, 5) is 12.6. The van der Waals surface area contributed by atoms with Gasteiger partial charge in [-0.25, -0.2) is 9.83 Å². The van der Waals surface area contributed by atoms with Gasteiger partial charge in [0.15, 0.2) is 5.82 Å². The smallest absolute Gasteiger partial charge is 0.231 e. The van der Waals surface area contributed by atoms with Gasteiger partial charge in [0.1, 0.15) is 24.0 Å². The van der Waals surface area contributed by atoms with Crippen LogP contribution in [0, 0.1) is 27.3 Å². The van der Waals surface area contributed by atoms with Gasteiger partial charge in [-0.1, -0.05) is 6.92 Å². The van der Waals surface area contributed by atoms with Crippen molar-refractivity contribution in [3.63, 3.8) is 0 Å². The Morgan fingerprint density at radius 3 is 2.66 bits per heavy atom. The molecule has 150 valence electrons. The predicted molar refractivity (Wildman–Crippen MR) is 114 cm³/mol. The van der Waals surface area contributed by atoms with Crippen molar-refractivity contribution in [2.45, 2.75) is 34.1 Å². The first-order valence-corrected chi connectivity index (χ1v) is 9.51. The minimum absolute atomic E-state index is 0.431. The minimum Gasteiger partial charge on any atom is -0.490 e. The lowest BCUT2D eigenvalue weighted by atomic mass is 10.2. The lowest BCUT2D eigenvalue weighted by Crippen LogP contribution is -2.13. The fourth-order valence-corrected chi connectivity index (χ4v) is 2.89. The Bertz CT molecular complexity index is 1040. The van der Waals surface area contributed by atoms with Crippen molar-refractivity contribution in [2.24, 2.45) is 0 Å². The van der Waals surface area contributed by atoms with Crippen LogP contribution in [0.4, 0.5) is 23.1 Å². The summed E-state index contributed by atoms with van der Waals surface area (Å²) >= 11 is 0. The number of H-pyrrole nitrogens is 1. The van der Waals surface area contributed by atoms with Gasteiger partial charge in [-0.3, -0.25) is 10.1 Å². The Labute approximate surface area is 170 Å². The lowest BCUT2D eigenvalue weighted by molar-refractivity contribution is 0.328. The highest BCUT2D eigenvalue weighted by molar-refractivity contribution is 5.73. The van der Waals surface area contributed by atoms with E-state index in [9.17, 15) is 0 Å². The Morgan fingerprint density at radius 1 is 1.14 bits per heavy atom. The van der Waals surface area contributed by atoms with Crippen LogP contribution < -0.4 is 15.4 Å². The van der Waals surface area contributed by atoms with Gasteiger partial charge in [0.05, 0.1) is 12.3 Å². The quantitative estimate of drug-likeness (QED) is 0.387. The van der Waals surface area contributed by atoms with Crippen molar-refractivity contribution in [1.82, 2.24) is 20.2 Å². The maximum Gasteiger partial charge on any atom is 0.231 e. The number of aryl methyl sites for hydroxylation is 4. The van der Waals surface area contributed by atoms with Gasteiger partial charge in [-0.15, -0.1) is 0 Å². The molecule has 0 aliphatic carbocycles. The van der Waals surface area contributed by atoms with E-state index < -0.39 is 0 Å². The van der Waals surface area contributed by atoms with Crippen molar-refractivity contribution >= 4 is 23.1 Å². The molecule has 0 spiro atoms. The zero-order chi connectivity index (χ0) is 20.8.